The van der Waals surface area contributed by atoms with E-state index in [1.165, 1.54) is 16.9 Å². The van der Waals surface area contributed by atoms with E-state index in [0.29, 0.717) is 25.4 Å². The SMILES string of the molecule is Cc1nn(-c2ccccc2F)c(C)c1[C@H]1COCCN1C(=O)Cn1ccnn1. The van der Waals surface area contributed by atoms with Crippen LogP contribution in [-0.4, -0.2) is 55.3 Å². The minimum absolute atomic E-state index is 0.0729. The van der Waals surface area contributed by atoms with Gasteiger partial charge in [-0.1, -0.05) is 17.3 Å². The summed E-state index contributed by atoms with van der Waals surface area (Å²) in [7, 11) is 0. The Morgan fingerprint density at radius 1 is 1.32 bits per heavy atom. The smallest absolute Gasteiger partial charge is 0.245 e. The predicted molar refractivity (Wildman–Crippen MR) is 98.3 cm³/mol. The number of nitrogens with zero attached hydrogens (tertiary/aromatic N) is 6. The molecule has 1 aromatic carbocycles. The van der Waals surface area contributed by atoms with E-state index in [1.54, 1.807) is 34.0 Å². The van der Waals surface area contributed by atoms with Crippen LogP contribution in [0.5, 0.6) is 0 Å². The van der Waals surface area contributed by atoms with Gasteiger partial charge in [0.2, 0.25) is 5.91 Å². The maximum Gasteiger partial charge on any atom is 0.245 e. The zero-order valence-electron chi connectivity index (χ0n) is 15.7. The summed E-state index contributed by atoms with van der Waals surface area (Å²) in [6.07, 6.45) is 3.19. The number of aromatic nitrogens is 5. The molecule has 1 aliphatic rings. The van der Waals surface area contributed by atoms with Gasteiger partial charge in [0, 0.05) is 24.0 Å². The molecule has 3 heterocycles. The first-order valence-electron chi connectivity index (χ1n) is 9.08. The standard InChI is InChI=1S/C19H21FN6O2/c1-13-19(14(2)26(22-13)16-6-4-3-5-15(16)20)17-12-28-10-9-25(17)18(27)11-24-8-7-21-23-24/h3-8,17H,9-12H2,1-2H3/t17-/m1/s1. The number of ether oxygens (including phenoxy) is 1. The molecule has 0 aliphatic carbocycles. The van der Waals surface area contributed by atoms with Gasteiger partial charge in [-0.15, -0.1) is 5.10 Å². The van der Waals surface area contributed by atoms with E-state index in [1.807, 2.05) is 13.8 Å². The van der Waals surface area contributed by atoms with Crippen LogP contribution in [0.3, 0.4) is 0 Å². The molecule has 28 heavy (non-hydrogen) atoms. The van der Waals surface area contributed by atoms with Crippen molar-refractivity contribution in [2.75, 3.05) is 19.8 Å². The van der Waals surface area contributed by atoms with E-state index in [-0.39, 0.29) is 24.3 Å². The van der Waals surface area contributed by atoms with Crippen LogP contribution in [-0.2, 0) is 16.1 Å². The zero-order chi connectivity index (χ0) is 19.7. The van der Waals surface area contributed by atoms with E-state index in [0.717, 1.165) is 17.0 Å². The highest BCUT2D eigenvalue weighted by Gasteiger charge is 2.33. The van der Waals surface area contributed by atoms with Gasteiger partial charge in [0.15, 0.2) is 0 Å². The Labute approximate surface area is 161 Å². The largest absolute Gasteiger partial charge is 0.377 e. The van der Waals surface area contributed by atoms with Crippen molar-refractivity contribution < 1.29 is 13.9 Å². The zero-order valence-corrected chi connectivity index (χ0v) is 15.7. The lowest BCUT2D eigenvalue weighted by Crippen LogP contribution is -2.45. The summed E-state index contributed by atoms with van der Waals surface area (Å²) >= 11 is 0. The molecule has 9 heteroatoms. The van der Waals surface area contributed by atoms with Crippen molar-refractivity contribution in [3.63, 3.8) is 0 Å². The van der Waals surface area contributed by atoms with Crippen LogP contribution in [0.1, 0.15) is 23.0 Å². The molecule has 0 N–H and O–H groups in total. The number of halogens is 1. The maximum absolute atomic E-state index is 14.3. The molecule has 0 unspecified atom stereocenters. The van der Waals surface area contributed by atoms with Crippen molar-refractivity contribution in [2.45, 2.75) is 26.4 Å². The second-order valence-electron chi connectivity index (χ2n) is 6.73. The molecule has 1 fully saturated rings. The Bertz CT molecular complexity index is 984. The van der Waals surface area contributed by atoms with Gasteiger partial charge in [-0.05, 0) is 26.0 Å². The first-order chi connectivity index (χ1) is 13.6. The number of morpholine rings is 1. The third kappa shape index (κ3) is 3.29. The number of rotatable bonds is 4. The Balaban J connectivity index is 1.68. The summed E-state index contributed by atoms with van der Waals surface area (Å²) in [5, 5.41) is 12.1. The van der Waals surface area contributed by atoms with Gasteiger partial charge in [-0.2, -0.15) is 5.10 Å². The number of amides is 1. The molecule has 0 saturated carbocycles. The Morgan fingerprint density at radius 3 is 2.89 bits per heavy atom. The van der Waals surface area contributed by atoms with Crippen LogP contribution in [0, 0.1) is 19.7 Å². The minimum Gasteiger partial charge on any atom is -0.377 e. The highest BCUT2D eigenvalue weighted by atomic mass is 19.1. The summed E-state index contributed by atoms with van der Waals surface area (Å²) < 4.78 is 23.0. The minimum atomic E-state index is -0.348. The topological polar surface area (TPSA) is 78.1 Å². The van der Waals surface area contributed by atoms with E-state index >= 15 is 0 Å². The van der Waals surface area contributed by atoms with E-state index in [4.69, 9.17) is 4.74 Å². The molecule has 1 amide bonds. The third-order valence-corrected chi connectivity index (χ3v) is 4.98. The number of hydrogen-bond acceptors (Lipinski definition) is 5. The number of aryl methyl sites for hydroxylation is 1. The molecule has 3 aromatic rings. The maximum atomic E-state index is 14.3. The molecule has 4 rings (SSSR count). The van der Waals surface area contributed by atoms with Crippen LogP contribution in [0.2, 0.25) is 0 Å². The Kier molecular flexibility index (Phi) is 4.91. The summed E-state index contributed by atoms with van der Waals surface area (Å²) in [6.45, 7) is 5.18. The average Bonchev–Trinajstić information content (AvgIpc) is 3.30. The monoisotopic (exact) mass is 384 g/mol. The van der Waals surface area contributed by atoms with Gasteiger partial charge in [-0.3, -0.25) is 4.79 Å². The molecular formula is C19H21FN6O2. The van der Waals surface area contributed by atoms with Gasteiger partial charge < -0.3 is 9.64 Å². The second-order valence-corrected chi connectivity index (χ2v) is 6.73. The summed E-state index contributed by atoms with van der Waals surface area (Å²) in [5.41, 5.74) is 2.80. The number of carbonyl (C=O) groups excluding carboxylic acids is 1. The fourth-order valence-electron chi connectivity index (χ4n) is 3.68. The molecule has 0 radical (unpaired) electrons. The lowest BCUT2D eigenvalue weighted by molar-refractivity contribution is -0.141. The molecule has 1 saturated heterocycles. The first kappa shape index (κ1) is 18.3. The highest BCUT2D eigenvalue weighted by Crippen LogP contribution is 2.31. The third-order valence-electron chi connectivity index (χ3n) is 4.98. The van der Waals surface area contributed by atoms with Crippen molar-refractivity contribution >= 4 is 5.91 Å². The van der Waals surface area contributed by atoms with Crippen molar-refractivity contribution in [3.05, 3.63) is 59.4 Å². The van der Waals surface area contributed by atoms with Crippen molar-refractivity contribution in [1.82, 2.24) is 29.7 Å². The number of hydrogen-bond donors (Lipinski definition) is 0. The lowest BCUT2D eigenvalue weighted by atomic mass is 10.0. The van der Waals surface area contributed by atoms with Crippen molar-refractivity contribution in [2.24, 2.45) is 0 Å². The first-order valence-corrected chi connectivity index (χ1v) is 9.08. The molecule has 0 bridgehead atoms. The van der Waals surface area contributed by atoms with Crippen LogP contribution < -0.4 is 0 Å². The molecule has 0 spiro atoms. The van der Waals surface area contributed by atoms with Crippen LogP contribution in [0.4, 0.5) is 4.39 Å². The predicted octanol–water partition coefficient (Wildman–Crippen LogP) is 1.82. The van der Waals surface area contributed by atoms with E-state index < -0.39 is 0 Å². The van der Waals surface area contributed by atoms with E-state index in [9.17, 15) is 9.18 Å². The van der Waals surface area contributed by atoms with Crippen LogP contribution in [0.25, 0.3) is 5.69 Å². The van der Waals surface area contributed by atoms with Crippen LogP contribution in [0.15, 0.2) is 36.7 Å². The Hall–Kier alpha value is -3.07. The van der Waals surface area contributed by atoms with Gasteiger partial charge in [-0.25, -0.2) is 13.8 Å². The summed E-state index contributed by atoms with van der Waals surface area (Å²) in [5.74, 6) is -0.421. The fourth-order valence-corrected chi connectivity index (χ4v) is 3.68. The Morgan fingerprint density at radius 2 is 2.14 bits per heavy atom. The fraction of sp³-hybridized carbons (Fsp3) is 0.368. The van der Waals surface area contributed by atoms with Gasteiger partial charge in [0.05, 0.1) is 31.1 Å². The summed E-state index contributed by atoms with van der Waals surface area (Å²) in [6, 6.07) is 6.22. The molecule has 146 valence electrons. The normalized spacial score (nSPS) is 17.1. The molecule has 8 nitrogen and oxygen atoms in total. The highest BCUT2D eigenvalue weighted by molar-refractivity contribution is 5.76. The van der Waals surface area contributed by atoms with Gasteiger partial charge in [0.25, 0.3) is 0 Å². The van der Waals surface area contributed by atoms with Crippen molar-refractivity contribution in [1.29, 1.82) is 0 Å². The van der Waals surface area contributed by atoms with E-state index in [2.05, 4.69) is 15.4 Å². The second kappa shape index (κ2) is 7.51. The lowest BCUT2D eigenvalue weighted by Gasteiger charge is -2.36. The van der Waals surface area contributed by atoms with Crippen molar-refractivity contribution in [3.8, 4) is 5.69 Å². The van der Waals surface area contributed by atoms with Crippen LogP contribution >= 0.6 is 0 Å². The average molecular weight is 384 g/mol. The van der Waals surface area contributed by atoms with Gasteiger partial charge >= 0.3 is 0 Å². The number of benzene rings is 1. The number of para-hydroxylation sites is 1. The molecule has 1 atom stereocenters. The molecule has 2 aromatic heterocycles. The molecular weight excluding hydrogens is 363 g/mol. The quantitative estimate of drug-likeness (QED) is 0.686. The summed E-state index contributed by atoms with van der Waals surface area (Å²) in [4.78, 5) is 14.7. The van der Waals surface area contributed by atoms with Gasteiger partial charge in [0.1, 0.15) is 18.0 Å². The molecule has 1 aliphatic heterocycles. The number of carbonyl (C=O) groups is 1.